The maximum absolute atomic E-state index is 12.0. The molecule has 0 saturated carbocycles. The highest BCUT2D eigenvalue weighted by Gasteiger charge is 2.08. The average Bonchev–Trinajstić information content (AvgIpc) is 2.79. The van der Waals surface area contributed by atoms with Gasteiger partial charge in [-0.25, -0.2) is 5.43 Å². The van der Waals surface area contributed by atoms with Crippen molar-refractivity contribution in [1.82, 2.24) is 5.43 Å². The zero-order valence-corrected chi connectivity index (χ0v) is 18.2. The van der Waals surface area contributed by atoms with Crippen LogP contribution in [-0.4, -0.2) is 32.9 Å². The van der Waals surface area contributed by atoms with E-state index in [1.54, 1.807) is 32.4 Å². The maximum Gasteiger partial charge on any atom is 0.277 e. The Bertz CT molecular complexity index is 1040. The van der Waals surface area contributed by atoms with E-state index in [1.807, 2.05) is 48.5 Å². The molecule has 0 aliphatic carbocycles. The zero-order valence-electron chi connectivity index (χ0n) is 16.6. The number of hydrogen-bond donors (Lipinski definition) is 1. The Hall–Kier alpha value is -3.32. The van der Waals surface area contributed by atoms with Gasteiger partial charge in [0.05, 0.1) is 24.9 Å². The molecule has 0 radical (unpaired) electrons. The first kappa shape index (κ1) is 21.4. The van der Waals surface area contributed by atoms with Crippen molar-refractivity contribution < 1.29 is 19.0 Å². The Labute approximate surface area is 183 Å². The number of carbonyl (C=O) groups is 1. The van der Waals surface area contributed by atoms with Crippen LogP contribution in [0.2, 0.25) is 0 Å². The lowest BCUT2D eigenvalue weighted by Crippen LogP contribution is -2.24. The molecular weight excluding hydrogens is 448 g/mol. The van der Waals surface area contributed by atoms with Gasteiger partial charge >= 0.3 is 0 Å². The first-order valence-corrected chi connectivity index (χ1v) is 9.91. The van der Waals surface area contributed by atoms with Crippen LogP contribution in [0.3, 0.4) is 0 Å². The van der Waals surface area contributed by atoms with Crippen molar-refractivity contribution in [1.29, 1.82) is 0 Å². The Morgan fingerprint density at radius 1 is 0.967 bits per heavy atom. The van der Waals surface area contributed by atoms with Crippen molar-refractivity contribution in [2.45, 2.75) is 0 Å². The first-order chi connectivity index (χ1) is 14.6. The summed E-state index contributed by atoms with van der Waals surface area (Å²) in [4.78, 5) is 12.0. The minimum Gasteiger partial charge on any atom is -0.497 e. The fraction of sp³-hybridized carbons (Fsp3) is 0.130. The number of nitrogens with one attached hydrogen (secondary N) is 1. The molecule has 3 rings (SSSR count). The minimum atomic E-state index is -0.377. The summed E-state index contributed by atoms with van der Waals surface area (Å²) in [5.74, 6) is 1.46. The molecule has 6 nitrogen and oxygen atoms in total. The van der Waals surface area contributed by atoms with Crippen LogP contribution < -0.4 is 19.6 Å². The second-order valence-corrected chi connectivity index (χ2v) is 7.06. The third kappa shape index (κ3) is 5.61. The Balaban J connectivity index is 1.55. The molecule has 0 aromatic heterocycles. The molecule has 0 heterocycles. The molecule has 0 spiro atoms. The number of hydrazone groups is 1. The first-order valence-electron chi connectivity index (χ1n) is 9.12. The molecule has 3 aromatic carbocycles. The molecule has 0 aliphatic heterocycles. The molecule has 0 unspecified atom stereocenters. The van der Waals surface area contributed by atoms with Crippen LogP contribution in [0.5, 0.6) is 17.2 Å². The highest BCUT2D eigenvalue weighted by molar-refractivity contribution is 9.10. The monoisotopic (exact) mass is 468 g/mol. The maximum atomic E-state index is 12.0. The van der Waals surface area contributed by atoms with E-state index in [9.17, 15) is 4.79 Å². The van der Waals surface area contributed by atoms with Gasteiger partial charge in [-0.3, -0.25) is 4.79 Å². The number of nitrogens with zero attached hydrogens (tertiary/aromatic N) is 1. The van der Waals surface area contributed by atoms with E-state index >= 15 is 0 Å². The molecule has 1 N–H and O–H groups in total. The van der Waals surface area contributed by atoms with E-state index in [4.69, 9.17) is 14.2 Å². The average molecular weight is 469 g/mol. The second kappa shape index (κ2) is 10.5. The Morgan fingerprint density at radius 3 is 2.47 bits per heavy atom. The topological polar surface area (TPSA) is 69.2 Å². The van der Waals surface area contributed by atoms with Crippen LogP contribution in [0.4, 0.5) is 0 Å². The summed E-state index contributed by atoms with van der Waals surface area (Å²) in [5.41, 5.74) is 5.30. The van der Waals surface area contributed by atoms with E-state index in [-0.39, 0.29) is 12.5 Å². The molecule has 0 aliphatic rings. The molecule has 30 heavy (non-hydrogen) atoms. The van der Waals surface area contributed by atoms with Crippen LogP contribution in [-0.2, 0) is 4.79 Å². The molecule has 0 fully saturated rings. The van der Waals surface area contributed by atoms with Gasteiger partial charge in [0.2, 0.25) is 0 Å². The van der Waals surface area contributed by atoms with Crippen molar-refractivity contribution in [3.05, 3.63) is 76.8 Å². The predicted octanol–water partition coefficient (Wildman–Crippen LogP) is 4.66. The standard InChI is InChI=1S/C23H21BrN2O4/c1-28-19-10-8-18(22(13-19)29-2)14-25-26-23(27)15-30-21-11-9-17(12-20(21)24)16-6-4-3-5-7-16/h3-14H,15H2,1-2H3,(H,26,27)/b25-14+. The van der Waals surface area contributed by atoms with Crippen molar-refractivity contribution in [3.63, 3.8) is 0 Å². The quantitative estimate of drug-likeness (QED) is 0.385. The largest absolute Gasteiger partial charge is 0.497 e. The lowest BCUT2D eigenvalue weighted by atomic mass is 10.1. The SMILES string of the molecule is COc1ccc(/C=N/NC(=O)COc2ccc(-c3ccccc3)cc2Br)c(OC)c1. The van der Waals surface area contributed by atoms with Gasteiger partial charge in [-0.2, -0.15) is 5.10 Å². The van der Waals surface area contributed by atoms with E-state index in [1.165, 1.54) is 6.21 Å². The number of benzene rings is 3. The summed E-state index contributed by atoms with van der Waals surface area (Å²) in [6.45, 7) is -0.166. The van der Waals surface area contributed by atoms with Gasteiger partial charge < -0.3 is 14.2 Å². The van der Waals surface area contributed by atoms with E-state index in [0.717, 1.165) is 15.6 Å². The zero-order chi connectivity index (χ0) is 21.3. The van der Waals surface area contributed by atoms with Crippen LogP contribution in [0, 0.1) is 0 Å². The Kier molecular flexibility index (Phi) is 7.45. The summed E-state index contributed by atoms with van der Waals surface area (Å²) in [6, 6.07) is 21.0. The van der Waals surface area contributed by atoms with Crippen molar-refractivity contribution in [2.24, 2.45) is 5.10 Å². The highest BCUT2D eigenvalue weighted by Crippen LogP contribution is 2.30. The molecule has 154 valence electrons. The summed E-state index contributed by atoms with van der Waals surface area (Å²) in [5, 5.41) is 3.96. The van der Waals surface area contributed by atoms with Crippen LogP contribution in [0.15, 0.2) is 76.3 Å². The summed E-state index contributed by atoms with van der Waals surface area (Å²) in [6.07, 6.45) is 1.50. The fourth-order valence-electron chi connectivity index (χ4n) is 2.70. The third-order valence-electron chi connectivity index (χ3n) is 4.23. The summed E-state index contributed by atoms with van der Waals surface area (Å²) >= 11 is 3.49. The molecule has 3 aromatic rings. The van der Waals surface area contributed by atoms with E-state index in [0.29, 0.717) is 22.8 Å². The lowest BCUT2D eigenvalue weighted by molar-refractivity contribution is -0.123. The number of methoxy groups -OCH3 is 2. The van der Waals surface area contributed by atoms with Crippen LogP contribution in [0.25, 0.3) is 11.1 Å². The molecule has 0 atom stereocenters. The van der Waals surface area contributed by atoms with Gasteiger partial charge in [0.15, 0.2) is 6.61 Å². The fourth-order valence-corrected chi connectivity index (χ4v) is 3.20. The number of carbonyl (C=O) groups excluding carboxylic acids is 1. The molecule has 7 heteroatoms. The second-order valence-electron chi connectivity index (χ2n) is 6.20. The van der Waals surface area contributed by atoms with Crippen molar-refractivity contribution in [3.8, 4) is 28.4 Å². The molecular formula is C23H21BrN2O4. The number of hydrogen-bond acceptors (Lipinski definition) is 5. The number of amides is 1. The van der Waals surface area contributed by atoms with Crippen LogP contribution in [0.1, 0.15) is 5.56 Å². The number of halogens is 1. The van der Waals surface area contributed by atoms with Gasteiger partial charge in [-0.15, -0.1) is 0 Å². The lowest BCUT2D eigenvalue weighted by Gasteiger charge is -2.09. The summed E-state index contributed by atoms with van der Waals surface area (Å²) < 4.78 is 16.8. The van der Waals surface area contributed by atoms with Crippen molar-refractivity contribution in [2.75, 3.05) is 20.8 Å². The van der Waals surface area contributed by atoms with Gasteiger partial charge in [-0.05, 0) is 51.3 Å². The summed E-state index contributed by atoms with van der Waals surface area (Å²) in [7, 11) is 3.13. The van der Waals surface area contributed by atoms with E-state index in [2.05, 4.69) is 26.5 Å². The van der Waals surface area contributed by atoms with Crippen molar-refractivity contribution >= 4 is 28.1 Å². The minimum absolute atomic E-state index is 0.166. The van der Waals surface area contributed by atoms with Gasteiger partial charge in [0.25, 0.3) is 5.91 Å². The smallest absolute Gasteiger partial charge is 0.277 e. The highest BCUT2D eigenvalue weighted by atomic mass is 79.9. The predicted molar refractivity (Wildman–Crippen MR) is 120 cm³/mol. The number of rotatable bonds is 8. The van der Waals surface area contributed by atoms with Gasteiger partial charge in [0, 0.05) is 11.6 Å². The molecule has 1 amide bonds. The Morgan fingerprint density at radius 2 is 1.77 bits per heavy atom. The van der Waals surface area contributed by atoms with Crippen LogP contribution >= 0.6 is 15.9 Å². The van der Waals surface area contributed by atoms with E-state index < -0.39 is 0 Å². The number of ether oxygens (including phenoxy) is 3. The molecule has 0 saturated heterocycles. The van der Waals surface area contributed by atoms with Gasteiger partial charge in [0.1, 0.15) is 17.2 Å². The van der Waals surface area contributed by atoms with Gasteiger partial charge in [-0.1, -0.05) is 36.4 Å². The third-order valence-corrected chi connectivity index (χ3v) is 4.85. The normalized spacial score (nSPS) is 10.6. The molecule has 0 bridgehead atoms.